The van der Waals surface area contributed by atoms with E-state index in [-0.39, 0.29) is 11.8 Å². The first-order valence-electron chi connectivity index (χ1n) is 7.97. The number of aryl methyl sites for hydroxylation is 2. The number of nitrogens with one attached hydrogen (secondary N) is 1. The fourth-order valence-corrected chi connectivity index (χ4v) is 2.80. The molecule has 1 unspecified atom stereocenters. The van der Waals surface area contributed by atoms with Crippen LogP contribution in [0.15, 0.2) is 6.07 Å². The van der Waals surface area contributed by atoms with Gasteiger partial charge in [0.15, 0.2) is 5.82 Å². The fourth-order valence-electron chi connectivity index (χ4n) is 2.80. The van der Waals surface area contributed by atoms with E-state index in [1.807, 2.05) is 6.92 Å². The highest BCUT2D eigenvalue weighted by Crippen LogP contribution is 2.28. The number of rotatable bonds is 4. The van der Waals surface area contributed by atoms with Crippen molar-refractivity contribution in [1.29, 1.82) is 0 Å². The smallest absolute Gasteiger partial charge is 0.224 e. The summed E-state index contributed by atoms with van der Waals surface area (Å²) < 4.78 is 0. The molecule has 1 amide bonds. The third-order valence-corrected chi connectivity index (χ3v) is 4.60. The van der Waals surface area contributed by atoms with E-state index in [0.717, 1.165) is 55.5 Å². The monoisotopic (exact) mass is 288 g/mol. The summed E-state index contributed by atoms with van der Waals surface area (Å²) in [5.74, 6) is 1.93. The lowest BCUT2D eigenvalue weighted by Gasteiger charge is -2.32. The number of hydrogen-bond acceptors (Lipinski definition) is 4. The second-order valence-electron chi connectivity index (χ2n) is 6.44. The van der Waals surface area contributed by atoms with Crippen molar-refractivity contribution in [3.63, 3.8) is 0 Å². The summed E-state index contributed by atoms with van der Waals surface area (Å²) >= 11 is 0. The quantitative estimate of drug-likeness (QED) is 0.918. The van der Waals surface area contributed by atoms with Crippen LogP contribution >= 0.6 is 0 Å². The Morgan fingerprint density at radius 3 is 2.86 bits per heavy atom. The van der Waals surface area contributed by atoms with Crippen LogP contribution in [0.1, 0.15) is 36.9 Å². The SMILES string of the molecule is Cc1cc(N2CCCC(C(=O)NCC3CC3)C2)nnc1C. The van der Waals surface area contributed by atoms with Gasteiger partial charge in [-0.25, -0.2) is 0 Å². The molecular weight excluding hydrogens is 264 g/mol. The van der Waals surface area contributed by atoms with Crippen LogP contribution in [-0.2, 0) is 4.79 Å². The first-order valence-corrected chi connectivity index (χ1v) is 7.97. The lowest BCUT2D eigenvalue weighted by atomic mass is 9.97. The maximum absolute atomic E-state index is 12.3. The minimum atomic E-state index is 0.0842. The second kappa shape index (κ2) is 6.00. The van der Waals surface area contributed by atoms with Crippen molar-refractivity contribution in [2.75, 3.05) is 24.5 Å². The minimum Gasteiger partial charge on any atom is -0.356 e. The van der Waals surface area contributed by atoms with Crippen LogP contribution in [0.25, 0.3) is 0 Å². The Balaban J connectivity index is 1.61. The molecule has 0 radical (unpaired) electrons. The molecule has 5 heteroatoms. The zero-order chi connectivity index (χ0) is 14.8. The third-order valence-electron chi connectivity index (χ3n) is 4.60. The number of nitrogens with zero attached hydrogens (tertiary/aromatic N) is 3. The Morgan fingerprint density at radius 1 is 1.33 bits per heavy atom. The highest BCUT2D eigenvalue weighted by atomic mass is 16.1. The molecule has 2 aliphatic rings. The molecule has 5 nitrogen and oxygen atoms in total. The summed E-state index contributed by atoms with van der Waals surface area (Å²) in [5, 5.41) is 11.6. The van der Waals surface area contributed by atoms with Crippen LogP contribution in [-0.4, -0.2) is 35.7 Å². The van der Waals surface area contributed by atoms with E-state index in [9.17, 15) is 4.79 Å². The predicted molar refractivity (Wildman–Crippen MR) is 82.2 cm³/mol. The maximum atomic E-state index is 12.3. The van der Waals surface area contributed by atoms with Gasteiger partial charge >= 0.3 is 0 Å². The molecule has 0 spiro atoms. The van der Waals surface area contributed by atoms with Crippen LogP contribution in [0.2, 0.25) is 0 Å². The predicted octanol–water partition coefficient (Wildman–Crippen LogP) is 1.84. The van der Waals surface area contributed by atoms with E-state index in [4.69, 9.17) is 0 Å². The van der Waals surface area contributed by atoms with E-state index < -0.39 is 0 Å². The Kier molecular flexibility index (Phi) is 4.08. The molecule has 0 aromatic carbocycles. The number of anilines is 1. The van der Waals surface area contributed by atoms with Gasteiger partial charge in [-0.2, -0.15) is 5.10 Å². The standard InChI is InChI=1S/C16H24N4O/c1-11-8-15(19-18-12(11)2)20-7-3-4-14(10-20)16(21)17-9-13-5-6-13/h8,13-14H,3-7,9-10H2,1-2H3,(H,17,21). The highest BCUT2D eigenvalue weighted by Gasteiger charge is 2.28. The largest absolute Gasteiger partial charge is 0.356 e. The van der Waals surface area contributed by atoms with E-state index >= 15 is 0 Å². The lowest BCUT2D eigenvalue weighted by molar-refractivity contribution is -0.125. The lowest BCUT2D eigenvalue weighted by Crippen LogP contribution is -2.44. The Morgan fingerprint density at radius 2 is 2.14 bits per heavy atom. The zero-order valence-corrected chi connectivity index (χ0v) is 12.9. The molecule has 1 aromatic rings. The van der Waals surface area contributed by atoms with Gasteiger partial charge in [0, 0.05) is 19.6 Å². The van der Waals surface area contributed by atoms with Crippen LogP contribution in [0.3, 0.4) is 0 Å². The normalized spacial score (nSPS) is 22.2. The van der Waals surface area contributed by atoms with Crippen LogP contribution in [0.4, 0.5) is 5.82 Å². The van der Waals surface area contributed by atoms with E-state index in [2.05, 4.69) is 33.4 Å². The van der Waals surface area contributed by atoms with Gasteiger partial charge in [0.1, 0.15) is 0 Å². The van der Waals surface area contributed by atoms with Gasteiger partial charge in [-0.3, -0.25) is 4.79 Å². The van der Waals surface area contributed by atoms with Gasteiger partial charge in [-0.15, -0.1) is 5.10 Å². The van der Waals surface area contributed by atoms with Gasteiger partial charge in [-0.05, 0) is 57.1 Å². The average molecular weight is 288 g/mol. The number of hydrogen-bond donors (Lipinski definition) is 1. The van der Waals surface area contributed by atoms with Gasteiger partial charge < -0.3 is 10.2 Å². The molecular formula is C16H24N4O. The second-order valence-corrected chi connectivity index (χ2v) is 6.44. The first-order chi connectivity index (χ1) is 10.1. The van der Waals surface area contributed by atoms with Crippen molar-refractivity contribution >= 4 is 11.7 Å². The van der Waals surface area contributed by atoms with Crippen LogP contribution in [0.5, 0.6) is 0 Å². The van der Waals surface area contributed by atoms with Crippen LogP contribution in [0, 0.1) is 25.7 Å². The first kappa shape index (κ1) is 14.3. The van der Waals surface area contributed by atoms with Crippen molar-refractivity contribution in [2.45, 2.75) is 39.5 Å². The summed E-state index contributed by atoms with van der Waals surface area (Å²) in [6.45, 7) is 6.60. The number of piperidine rings is 1. The van der Waals surface area contributed by atoms with Crippen molar-refractivity contribution in [3.05, 3.63) is 17.3 Å². The molecule has 2 fully saturated rings. The molecule has 1 saturated heterocycles. The van der Waals surface area contributed by atoms with E-state index in [0.29, 0.717) is 0 Å². The number of aromatic nitrogens is 2. The molecule has 21 heavy (non-hydrogen) atoms. The van der Waals surface area contributed by atoms with Gasteiger partial charge in [0.05, 0.1) is 11.6 Å². The Labute approximate surface area is 126 Å². The Bertz CT molecular complexity index is 527. The molecule has 1 saturated carbocycles. The summed E-state index contributed by atoms with van der Waals surface area (Å²) in [6, 6.07) is 2.08. The van der Waals surface area contributed by atoms with Crippen molar-refractivity contribution in [1.82, 2.24) is 15.5 Å². The fraction of sp³-hybridized carbons (Fsp3) is 0.688. The van der Waals surface area contributed by atoms with Gasteiger partial charge in [0.2, 0.25) is 5.91 Å². The summed E-state index contributed by atoms with van der Waals surface area (Å²) in [5.41, 5.74) is 2.12. The van der Waals surface area contributed by atoms with E-state index in [1.54, 1.807) is 0 Å². The summed E-state index contributed by atoms with van der Waals surface area (Å²) in [4.78, 5) is 14.5. The summed E-state index contributed by atoms with van der Waals surface area (Å²) in [6.07, 6.45) is 4.56. The van der Waals surface area contributed by atoms with Crippen LogP contribution < -0.4 is 10.2 Å². The molecule has 2 heterocycles. The topological polar surface area (TPSA) is 58.1 Å². The van der Waals surface area contributed by atoms with Crippen molar-refractivity contribution in [3.8, 4) is 0 Å². The highest BCUT2D eigenvalue weighted by molar-refractivity contribution is 5.79. The molecule has 0 bridgehead atoms. The van der Waals surface area contributed by atoms with Gasteiger partial charge in [-0.1, -0.05) is 0 Å². The van der Waals surface area contributed by atoms with Gasteiger partial charge in [0.25, 0.3) is 0 Å². The van der Waals surface area contributed by atoms with E-state index in [1.165, 1.54) is 12.8 Å². The zero-order valence-electron chi connectivity index (χ0n) is 12.9. The summed E-state index contributed by atoms with van der Waals surface area (Å²) in [7, 11) is 0. The maximum Gasteiger partial charge on any atom is 0.224 e. The van der Waals surface area contributed by atoms with Crippen molar-refractivity contribution < 1.29 is 4.79 Å². The molecule has 114 valence electrons. The van der Waals surface area contributed by atoms with Crippen molar-refractivity contribution in [2.24, 2.45) is 11.8 Å². The average Bonchev–Trinajstić information content (AvgIpc) is 3.32. The molecule has 1 aliphatic carbocycles. The molecule has 1 aromatic heterocycles. The molecule has 1 aliphatic heterocycles. The number of carbonyl (C=O) groups is 1. The molecule has 3 rings (SSSR count). The number of carbonyl (C=O) groups excluding carboxylic acids is 1. The molecule has 1 atom stereocenters. The minimum absolute atomic E-state index is 0.0842. The Hall–Kier alpha value is -1.65. The third kappa shape index (κ3) is 3.52. The molecule has 1 N–H and O–H groups in total. The number of amides is 1.